The number of phosphoric ester groups is 1. The van der Waals surface area contributed by atoms with Gasteiger partial charge in [0.25, 0.3) is 0 Å². The topological polar surface area (TPSA) is 81.8 Å². The largest absolute Gasteiger partial charge is 0.469 e. The first kappa shape index (κ1) is 16.3. The minimum Gasteiger partial charge on any atom is -0.303 e. The Morgan fingerprint density at radius 1 is 1.09 bits per heavy atom. The minimum absolute atomic E-state index is 0.0762. The van der Waals surface area contributed by atoms with Crippen LogP contribution in [0.3, 0.4) is 0 Å². The number of hydrogen-bond acceptors (Lipinski definition) is 4. The molecule has 23 heavy (non-hydrogen) atoms. The number of nitrogens with zero attached hydrogens (tertiary/aromatic N) is 1. The summed E-state index contributed by atoms with van der Waals surface area (Å²) in [7, 11) is -3.20. The highest BCUT2D eigenvalue weighted by molar-refractivity contribution is 7.46. The van der Waals surface area contributed by atoms with Gasteiger partial charge >= 0.3 is 7.82 Å². The standard InChI is InChI=1S/C15H14N2.CH5O4P/c1-3-7-12(8-4-1)15(16-14-11-17(14)15)13-9-5-2-6-10-13;1-5-6(2,3)4/h1-10,14,16H,11H2;1H3,(H2,2,3,4). The molecule has 2 heterocycles. The molecule has 2 atom stereocenters. The summed E-state index contributed by atoms with van der Waals surface area (Å²) in [6.07, 6.45) is 0.593. The molecule has 2 saturated heterocycles. The molecule has 0 spiro atoms. The second-order valence-corrected chi connectivity index (χ2v) is 6.77. The van der Waals surface area contributed by atoms with Crippen molar-refractivity contribution >= 4 is 7.82 Å². The first-order valence-corrected chi connectivity index (χ1v) is 8.77. The van der Waals surface area contributed by atoms with Gasteiger partial charge in [0, 0.05) is 13.7 Å². The van der Waals surface area contributed by atoms with Crippen LogP contribution in [0, 0.1) is 0 Å². The van der Waals surface area contributed by atoms with E-state index in [1.165, 1.54) is 11.1 Å². The summed E-state index contributed by atoms with van der Waals surface area (Å²) in [6, 6.07) is 21.4. The summed E-state index contributed by atoms with van der Waals surface area (Å²) >= 11 is 0. The number of benzene rings is 2. The molecule has 2 unspecified atom stereocenters. The SMILES string of the molecule is COP(=O)(O)O.c1ccc(C2(c3ccccc3)NC3CN32)cc1. The smallest absolute Gasteiger partial charge is 0.303 e. The average molecular weight is 334 g/mol. The summed E-state index contributed by atoms with van der Waals surface area (Å²) in [4.78, 5) is 17.9. The van der Waals surface area contributed by atoms with E-state index >= 15 is 0 Å². The summed E-state index contributed by atoms with van der Waals surface area (Å²) in [5, 5.41) is 3.69. The molecule has 2 aromatic carbocycles. The van der Waals surface area contributed by atoms with E-state index in [0.717, 1.165) is 13.7 Å². The Kier molecular flexibility index (Phi) is 4.38. The van der Waals surface area contributed by atoms with Crippen LogP contribution in [0.15, 0.2) is 60.7 Å². The van der Waals surface area contributed by atoms with Gasteiger partial charge in [-0.3, -0.25) is 14.7 Å². The van der Waals surface area contributed by atoms with Gasteiger partial charge in [0.05, 0.1) is 6.17 Å². The highest BCUT2D eigenvalue weighted by Gasteiger charge is 2.63. The van der Waals surface area contributed by atoms with Crippen LogP contribution in [0.2, 0.25) is 0 Å². The zero-order chi connectivity index (χ0) is 16.5. The number of fused-ring (bicyclic) bond motifs is 1. The maximum Gasteiger partial charge on any atom is 0.469 e. The van der Waals surface area contributed by atoms with Crippen LogP contribution in [0.4, 0.5) is 0 Å². The van der Waals surface area contributed by atoms with E-state index < -0.39 is 7.82 Å². The summed E-state index contributed by atoms with van der Waals surface area (Å²) in [6.45, 7) is 1.16. The first-order chi connectivity index (χ1) is 11.0. The normalized spacial score (nSPS) is 23.8. The Balaban J connectivity index is 0.000000227. The van der Waals surface area contributed by atoms with Crippen LogP contribution in [0.1, 0.15) is 11.1 Å². The zero-order valence-corrected chi connectivity index (χ0v) is 13.6. The van der Waals surface area contributed by atoms with Crippen molar-refractivity contribution in [3.8, 4) is 0 Å². The van der Waals surface area contributed by atoms with Crippen LogP contribution in [-0.2, 0) is 14.8 Å². The molecule has 2 fully saturated rings. The van der Waals surface area contributed by atoms with Crippen LogP contribution < -0.4 is 5.32 Å². The fraction of sp³-hybridized carbons (Fsp3) is 0.250. The molecular weight excluding hydrogens is 315 g/mol. The van der Waals surface area contributed by atoms with Crippen LogP contribution in [-0.4, -0.2) is 34.5 Å². The molecule has 2 aliphatic rings. The third-order valence-electron chi connectivity index (χ3n) is 4.04. The molecule has 122 valence electrons. The molecule has 0 aromatic heterocycles. The summed E-state index contributed by atoms with van der Waals surface area (Å²) in [5.74, 6) is 0. The van der Waals surface area contributed by atoms with Crippen LogP contribution >= 0.6 is 7.82 Å². The predicted octanol–water partition coefficient (Wildman–Crippen LogP) is 1.86. The van der Waals surface area contributed by atoms with Crippen molar-refractivity contribution in [1.82, 2.24) is 10.2 Å². The van der Waals surface area contributed by atoms with E-state index in [1.54, 1.807) is 0 Å². The van der Waals surface area contributed by atoms with Crippen LogP contribution in [0.5, 0.6) is 0 Å². The van der Waals surface area contributed by atoms with Gasteiger partial charge < -0.3 is 9.79 Å². The van der Waals surface area contributed by atoms with Crippen molar-refractivity contribution < 1.29 is 18.9 Å². The van der Waals surface area contributed by atoms with Crippen molar-refractivity contribution in [3.63, 3.8) is 0 Å². The van der Waals surface area contributed by atoms with Crippen molar-refractivity contribution in [2.75, 3.05) is 13.7 Å². The number of nitrogens with one attached hydrogen (secondary N) is 1. The fourth-order valence-electron chi connectivity index (χ4n) is 2.92. The van der Waals surface area contributed by atoms with E-state index in [1.807, 2.05) is 0 Å². The first-order valence-electron chi connectivity index (χ1n) is 7.24. The maximum absolute atomic E-state index is 9.47. The molecule has 0 bridgehead atoms. The molecule has 0 saturated carbocycles. The van der Waals surface area contributed by atoms with Gasteiger partial charge in [0.1, 0.15) is 5.66 Å². The van der Waals surface area contributed by atoms with E-state index in [-0.39, 0.29) is 5.66 Å². The molecule has 3 N–H and O–H groups in total. The van der Waals surface area contributed by atoms with E-state index in [2.05, 4.69) is 75.4 Å². The van der Waals surface area contributed by atoms with Gasteiger partial charge in [-0.15, -0.1) is 0 Å². The lowest BCUT2D eigenvalue weighted by Gasteiger charge is -2.45. The van der Waals surface area contributed by atoms with Gasteiger partial charge in [-0.2, -0.15) is 0 Å². The molecule has 0 aliphatic carbocycles. The lowest BCUT2D eigenvalue weighted by Crippen LogP contribution is -2.61. The van der Waals surface area contributed by atoms with Gasteiger partial charge in [-0.1, -0.05) is 60.7 Å². The number of rotatable bonds is 3. The van der Waals surface area contributed by atoms with Gasteiger partial charge in [0.2, 0.25) is 0 Å². The molecule has 4 rings (SSSR count). The molecular formula is C16H19N2O4P. The zero-order valence-electron chi connectivity index (χ0n) is 12.7. The lowest BCUT2D eigenvalue weighted by molar-refractivity contribution is 0.0987. The fourth-order valence-corrected chi connectivity index (χ4v) is 2.92. The maximum atomic E-state index is 9.47. The third kappa shape index (κ3) is 3.23. The highest BCUT2D eigenvalue weighted by Crippen LogP contribution is 2.48. The van der Waals surface area contributed by atoms with Gasteiger partial charge in [-0.05, 0) is 11.1 Å². The monoisotopic (exact) mass is 334 g/mol. The van der Waals surface area contributed by atoms with E-state index in [0.29, 0.717) is 6.17 Å². The van der Waals surface area contributed by atoms with Crippen LogP contribution in [0.25, 0.3) is 0 Å². The van der Waals surface area contributed by atoms with E-state index in [4.69, 9.17) is 9.79 Å². The molecule has 0 amide bonds. The molecule has 7 heteroatoms. The second-order valence-electron chi connectivity index (χ2n) is 5.43. The quantitative estimate of drug-likeness (QED) is 0.587. The Hall–Kier alpha value is -1.53. The van der Waals surface area contributed by atoms with Gasteiger partial charge in [0.15, 0.2) is 0 Å². The number of hydrogen-bond donors (Lipinski definition) is 3. The Morgan fingerprint density at radius 2 is 1.52 bits per heavy atom. The molecule has 2 aromatic rings. The Bertz CT molecular complexity index is 665. The van der Waals surface area contributed by atoms with Crippen molar-refractivity contribution in [1.29, 1.82) is 0 Å². The lowest BCUT2D eigenvalue weighted by atomic mass is 9.89. The summed E-state index contributed by atoms with van der Waals surface area (Å²) in [5.41, 5.74) is 2.59. The predicted molar refractivity (Wildman–Crippen MR) is 86.3 cm³/mol. The van der Waals surface area contributed by atoms with Crippen molar-refractivity contribution in [2.24, 2.45) is 0 Å². The molecule has 2 aliphatic heterocycles. The minimum atomic E-state index is -4.15. The Labute approximate surface area is 135 Å². The number of phosphoric acid groups is 1. The Morgan fingerprint density at radius 3 is 1.78 bits per heavy atom. The van der Waals surface area contributed by atoms with Crippen molar-refractivity contribution in [3.05, 3.63) is 71.8 Å². The van der Waals surface area contributed by atoms with E-state index in [9.17, 15) is 4.57 Å². The molecule has 0 radical (unpaired) electrons. The summed E-state index contributed by atoms with van der Waals surface area (Å²) < 4.78 is 13.1. The molecule has 6 nitrogen and oxygen atoms in total. The second kappa shape index (κ2) is 6.17. The van der Waals surface area contributed by atoms with Gasteiger partial charge in [-0.25, -0.2) is 4.57 Å². The third-order valence-corrected chi connectivity index (χ3v) is 4.52. The highest BCUT2D eigenvalue weighted by atomic mass is 31.2. The average Bonchev–Trinajstić information content (AvgIpc) is 3.22. The van der Waals surface area contributed by atoms with Crippen molar-refractivity contribution in [2.45, 2.75) is 11.8 Å².